The fraction of sp³-hybridized carbons (Fsp3) is 0.192. The number of nitrogens with zero attached hydrogens (tertiary/aromatic N) is 3. The van der Waals surface area contributed by atoms with Gasteiger partial charge in [0.25, 0.3) is 0 Å². The Morgan fingerprint density at radius 3 is 2.66 bits per heavy atom. The van der Waals surface area contributed by atoms with Crippen LogP contribution in [0.15, 0.2) is 78.0 Å². The first-order chi connectivity index (χ1) is 17.1. The third kappa shape index (κ3) is 5.14. The number of fused-ring (bicyclic) bond motifs is 1. The third-order valence-corrected chi connectivity index (χ3v) is 6.67. The number of amides is 1. The Labute approximate surface area is 206 Å². The third-order valence-electron chi connectivity index (χ3n) is 5.59. The summed E-state index contributed by atoms with van der Waals surface area (Å²) in [7, 11) is 0. The predicted octanol–water partition coefficient (Wildman–Crippen LogP) is 5.17. The van der Waals surface area contributed by atoms with Crippen LogP contribution < -0.4 is 14.8 Å². The van der Waals surface area contributed by atoms with Crippen LogP contribution in [0.25, 0.3) is 11.4 Å². The second kappa shape index (κ2) is 10.2. The molecule has 1 aliphatic rings. The summed E-state index contributed by atoms with van der Waals surface area (Å²) in [6.07, 6.45) is 0.714. The Balaban J connectivity index is 1.36. The average molecular weight is 491 g/mol. The van der Waals surface area contributed by atoms with Gasteiger partial charge in [0.15, 0.2) is 22.5 Å². The summed E-state index contributed by atoms with van der Waals surface area (Å²) in [4.78, 5) is 12.9. The van der Waals surface area contributed by atoms with Crippen molar-refractivity contribution >= 4 is 23.4 Å². The first kappa shape index (κ1) is 22.9. The number of thioether (sulfide) groups is 1. The number of anilines is 1. The molecular formula is C26H23FN4O3S. The minimum absolute atomic E-state index is 0.169. The SMILES string of the molecule is C[C@H](Sc1nnc(-c2ccccc2F)n1CCc1ccccc1)C(=O)Nc1ccc2c(c1)OCO2. The second-order valence-electron chi connectivity index (χ2n) is 7.99. The van der Waals surface area contributed by atoms with Crippen LogP contribution in [-0.4, -0.2) is 32.7 Å². The van der Waals surface area contributed by atoms with Crippen molar-refractivity contribution in [2.24, 2.45) is 0 Å². The molecule has 2 heterocycles. The maximum Gasteiger partial charge on any atom is 0.237 e. The van der Waals surface area contributed by atoms with Gasteiger partial charge in [0, 0.05) is 18.3 Å². The standard InChI is InChI=1S/C26H23FN4O3S/c1-17(25(32)28-19-11-12-22-23(15-19)34-16-33-22)35-26-30-29-24(20-9-5-6-10-21(20)27)31(26)14-13-18-7-3-2-4-8-18/h2-12,15,17H,13-14,16H2,1H3,(H,28,32)/t17-/m0/s1. The van der Waals surface area contributed by atoms with Crippen LogP contribution in [0.1, 0.15) is 12.5 Å². The van der Waals surface area contributed by atoms with E-state index in [1.807, 2.05) is 34.9 Å². The zero-order valence-electron chi connectivity index (χ0n) is 19.0. The van der Waals surface area contributed by atoms with Crippen molar-refractivity contribution in [3.63, 3.8) is 0 Å². The monoisotopic (exact) mass is 490 g/mol. The van der Waals surface area contributed by atoms with Crippen molar-refractivity contribution in [2.45, 2.75) is 30.3 Å². The molecule has 7 nitrogen and oxygen atoms in total. The van der Waals surface area contributed by atoms with E-state index in [4.69, 9.17) is 9.47 Å². The van der Waals surface area contributed by atoms with Gasteiger partial charge in [-0.05, 0) is 43.2 Å². The highest BCUT2D eigenvalue weighted by atomic mass is 32.2. The number of benzene rings is 3. The van der Waals surface area contributed by atoms with Gasteiger partial charge in [-0.2, -0.15) is 0 Å². The first-order valence-electron chi connectivity index (χ1n) is 11.2. The number of carbonyl (C=O) groups excluding carboxylic acids is 1. The van der Waals surface area contributed by atoms with Crippen LogP contribution in [0.4, 0.5) is 10.1 Å². The summed E-state index contributed by atoms with van der Waals surface area (Å²) in [6.45, 7) is 2.51. The van der Waals surface area contributed by atoms with Crippen molar-refractivity contribution in [1.82, 2.24) is 14.8 Å². The fourth-order valence-electron chi connectivity index (χ4n) is 3.73. The molecule has 1 N–H and O–H groups in total. The smallest absolute Gasteiger partial charge is 0.237 e. The van der Waals surface area contributed by atoms with Crippen molar-refractivity contribution in [3.05, 3.63) is 84.2 Å². The van der Waals surface area contributed by atoms with Crippen molar-refractivity contribution in [1.29, 1.82) is 0 Å². The summed E-state index contributed by atoms with van der Waals surface area (Å²) < 4.78 is 27.2. The molecule has 0 saturated carbocycles. The topological polar surface area (TPSA) is 78.3 Å². The van der Waals surface area contributed by atoms with E-state index >= 15 is 0 Å². The van der Waals surface area contributed by atoms with E-state index in [2.05, 4.69) is 15.5 Å². The Morgan fingerprint density at radius 1 is 1.06 bits per heavy atom. The van der Waals surface area contributed by atoms with Gasteiger partial charge >= 0.3 is 0 Å². The van der Waals surface area contributed by atoms with E-state index in [1.165, 1.54) is 17.8 Å². The molecule has 178 valence electrons. The zero-order chi connectivity index (χ0) is 24.2. The molecule has 3 aromatic carbocycles. The average Bonchev–Trinajstić information content (AvgIpc) is 3.50. The van der Waals surface area contributed by atoms with Crippen LogP contribution in [0.2, 0.25) is 0 Å². The molecule has 0 unspecified atom stereocenters. The van der Waals surface area contributed by atoms with Crippen molar-refractivity contribution in [2.75, 3.05) is 12.1 Å². The van der Waals surface area contributed by atoms with Gasteiger partial charge in [-0.15, -0.1) is 10.2 Å². The van der Waals surface area contributed by atoms with Crippen LogP contribution in [-0.2, 0) is 17.8 Å². The number of rotatable bonds is 8. The Bertz CT molecular complexity index is 1350. The molecule has 0 aliphatic carbocycles. The van der Waals surface area contributed by atoms with Gasteiger partial charge in [0.2, 0.25) is 12.7 Å². The molecule has 1 atom stereocenters. The summed E-state index contributed by atoms with van der Waals surface area (Å²) >= 11 is 1.28. The lowest BCUT2D eigenvalue weighted by atomic mass is 10.1. The molecule has 9 heteroatoms. The first-order valence-corrected chi connectivity index (χ1v) is 12.1. The van der Waals surface area contributed by atoms with E-state index in [9.17, 15) is 9.18 Å². The highest BCUT2D eigenvalue weighted by Gasteiger charge is 2.23. The van der Waals surface area contributed by atoms with Crippen molar-refractivity contribution in [3.8, 4) is 22.9 Å². The van der Waals surface area contributed by atoms with E-state index in [0.29, 0.717) is 46.7 Å². The summed E-state index contributed by atoms with van der Waals surface area (Å²) in [6, 6.07) is 21.8. The minimum atomic E-state index is -0.478. The quantitative estimate of drug-likeness (QED) is 0.343. The number of halogens is 1. The lowest BCUT2D eigenvalue weighted by molar-refractivity contribution is -0.115. The molecule has 35 heavy (non-hydrogen) atoms. The summed E-state index contributed by atoms with van der Waals surface area (Å²) in [5.74, 6) is 1.12. The van der Waals surface area contributed by atoms with Crippen LogP contribution in [0.3, 0.4) is 0 Å². The van der Waals surface area contributed by atoms with Crippen LogP contribution in [0.5, 0.6) is 11.5 Å². The van der Waals surface area contributed by atoms with Gasteiger partial charge < -0.3 is 19.4 Å². The van der Waals surface area contributed by atoms with E-state index in [1.54, 1.807) is 43.3 Å². The number of hydrogen-bond donors (Lipinski definition) is 1. The predicted molar refractivity (Wildman–Crippen MR) is 132 cm³/mol. The van der Waals surface area contributed by atoms with Crippen molar-refractivity contribution < 1.29 is 18.7 Å². The maximum absolute atomic E-state index is 14.6. The number of aromatic nitrogens is 3. The van der Waals surface area contributed by atoms with Gasteiger partial charge in [0.1, 0.15) is 5.82 Å². The molecule has 1 aliphatic heterocycles. The van der Waals surface area contributed by atoms with E-state index in [0.717, 1.165) is 5.56 Å². The van der Waals surface area contributed by atoms with E-state index < -0.39 is 5.25 Å². The largest absolute Gasteiger partial charge is 0.454 e. The van der Waals surface area contributed by atoms with Gasteiger partial charge in [-0.3, -0.25) is 4.79 Å². The Morgan fingerprint density at radius 2 is 1.83 bits per heavy atom. The number of ether oxygens (including phenoxy) is 2. The normalized spacial score (nSPS) is 13.0. The van der Waals surface area contributed by atoms with E-state index in [-0.39, 0.29) is 18.5 Å². The summed E-state index contributed by atoms with van der Waals surface area (Å²) in [5, 5.41) is 11.6. The highest BCUT2D eigenvalue weighted by molar-refractivity contribution is 8.00. The minimum Gasteiger partial charge on any atom is -0.454 e. The lowest BCUT2D eigenvalue weighted by Crippen LogP contribution is -2.23. The second-order valence-corrected chi connectivity index (χ2v) is 9.30. The Kier molecular flexibility index (Phi) is 6.67. The van der Waals surface area contributed by atoms with Gasteiger partial charge in [-0.25, -0.2) is 4.39 Å². The molecule has 0 fully saturated rings. The molecule has 4 aromatic rings. The molecule has 0 saturated heterocycles. The number of nitrogens with one attached hydrogen (secondary N) is 1. The van der Waals surface area contributed by atoms with Gasteiger partial charge in [-0.1, -0.05) is 54.2 Å². The molecule has 5 rings (SSSR count). The maximum atomic E-state index is 14.6. The summed E-state index contributed by atoms with van der Waals surface area (Å²) in [5.41, 5.74) is 2.13. The lowest BCUT2D eigenvalue weighted by Gasteiger charge is -2.14. The van der Waals surface area contributed by atoms with Crippen LogP contribution >= 0.6 is 11.8 Å². The molecule has 1 amide bonds. The molecule has 0 bridgehead atoms. The zero-order valence-corrected chi connectivity index (χ0v) is 19.8. The number of hydrogen-bond acceptors (Lipinski definition) is 6. The number of aryl methyl sites for hydroxylation is 1. The molecule has 1 aromatic heterocycles. The molecular weight excluding hydrogens is 467 g/mol. The highest BCUT2D eigenvalue weighted by Crippen LogP contribution is 2.35. The molecule has 0 spiro atoms. The number of carbonyl (C=O) groups is 1. The Hall–Kier alpha value is -3.85. The molecule has 0 radical (unpaired) electrons. The fourth-order valence-corrected chi connectivity index (χ4v) is 4.61. The van der Waals surface area contributed by atoms with Crippen LogP contribution in [0, 0.1) is 5.82 Å². The van der Waals surface area contributed by atoms with Gasteiger partial charge in [0.05, 0.1) is 10.8 Å².